The smallest absolute Gasteiger partial charge is 0.410 e. The van der Waals surface area contributed by atoms with E-state index in [-0.39, 0.29) is 148 Å². The fraction of sp³-hybridized carbons (Fsp3) is 0.582. The Morgan fingerprint density at radius 3 is 1.54 bits per heavy atom. The minimum absolute atomic E-state index is 0.0237. The lowest BCUT2D eigenvalue weighted by Gasteiger charge is -2.42. The number of hydrogen-bond donors (Lipinski definition) is 22. The van der Waals surface area contributed by atoms with Gasteiger partial charge >= 0.3 is 12.1 Å². The minimum Gasteiger partial charge on any atom is -0.445 e. The standard InChI is InChI=1S/C91H129F2N19O31/c1-49(2)72(85(131)106-61(15-10-28-98-89(94)132)84(130)105-56-21-18-54(19-22-56)44-140-90(133)111(32-24-57-58(92)12-8-13-59(57)93)40-65-107-73(55-20-23-66-99-48-100-112(66)39-55)74(108-65)60-14-7-11-50(3)101-60)109-70(122)16-9-17-71(123)110-91(45-134-33-25-67(119)95-29-36-137-86-75(102-51(4)116)81(127)78(124)62(41-113)141-86,46-135-34-26-68(120)96-30-37-138-87-76(103-52(5)117)82(128)79(125)63(42-114)142-87)47-136-35-27-69(121)97-31-38-139-88-77(104-53(6)118)83(129)80(126)64(43-115)143-88/h7-8,11-14,18-23,39,48-49,61-64,72,75-83,86-88,113-115,124-129H,9-10,15-17,24-38,40-47H2,1-6H3,(H,95,119)(H,96,120)(H,97,121)(H,102,116)(H,103,117)(H,104,118)(H,105,130)(H,106,131)(H,107,108)(H,109,122)(H,110,123)(H3,94,98,132)/t61-,62+,63+,64+,72-,75+,76+,77+,78-,79-,80-,81+,82+,83+,86+,87?,88?,91?/m0/s1. The Balaban J connectivity index is 0.851. The molecule has 143 heavy (non-hydrogen) atoms. The molecule has 4 aromatic heterocycles. The molecule has 50 nitrogen and oxygen atoms in total. The van der Waals surface area contributed by atoms with Gasteiger partial charge in [0, 0.05) is 114 Å². The number of imidazole rings is 1. The van der Waals surface area contributed by atoms with Gasteiger partial charge in [0.1, 0.15) is 121 Å². The van der Waals surface area contributed by atoms with Crippen LogP contribution in [0, 0.1) is 24.5 Å². The largest absolute Gasteiger partial charge is 0.445 e. The molecule has 6 aromatic rings. The van der Waals surface area contributed by atoms with Crippen LogP contribution in [0.2, 0.25) is 0 Å². The zero-order chi connectivity index (χ0) is 104. The number of benzene rings is 2. The zero-order valence-electron chi connectivity index (χ0n) is 79.8. The maximum absolute atomic E-state index is 15.1. The molecule has 9 rings (SSSR count). The van der Waals surface area contributed by atoms with Crippen LogP contribution in [-0.4, -0.2) is 373 Å². The number of nitrogens with two attached hydrogens (primary N) is 1. The highest BCUT2D eigenvalue weighted by Gasteiger charge is 2.49. The van der Waals surface area contributed by atoms with E-state index in [2.05, 4.69) is 73.6 Å². The number of carbonyl (C=O) groups excluding carboxylic acids is 12. The number of aromatic amines is 1. The summed E-state index contributed by atoms with van der Waals surface area (Å²) in [6, 6.07) is 11.1. The summed E-state index contributed by atoms with van der Waals surface area (Å²) in [5, 5.41) is 126. The molecule has 52 heteroatoms. The second-order valence-electron chi connectivity index (χ2n) is 34.5. The number of nitrogens with zero attached hydrogens (tertiary/aromatic N) is 6. The number of fused-ring (bicyclic) bond motifs is 1. The quantitative estimate of drug-likeness (QED) is 0.0160. The Morgan fingerprint density at radius 2 is 1.06 bits per heavy atom. The van der Waals surface area contributed by atoms with Gasteiger partial charge < -0.3 is 167 Å². The predicted molar refractivity (Wildman–Crippen MR) is 494 cm³/mol. The van der Waals surface area contributed by atoms with Crippen molar-refractivity contribution in [1.29, 1.82) is 0 Å². The number of anilines is 1. The van der Waals surface area contributed by atoms with Crippen molar-refractivity contribution in [3.8, 4) is 22.6 Å². The second-order valence-corrected chi connectivity index (χ2v) is 34.5. The number of urea groups is 1. The van der Waals surface area contributed by atoms with Crippen LogP contribution >= 0.6 is 0 Å². The van der Waals surface area contributed by atoms with E-state index < -0.39 is 251 Å². The maximum Gasteiger partial charge on any atom is 0.410 e. The highest BCUT2D eigenvalue weighted by molar-refractivity contribution is 5.98. The number of H-pyrrole nitrogens is 1. The van der Waals surface area contributed by atoms with Crippen molar-refractivity contribution in [1.82, 2.24) is 87.6 Å². The number of halogens is 2. The topological polar surface area (TPSA) is 713 Å². The van der Waals surface area contributed by atoms with E-state index in [1.165, 1.54) is 29.4 Å². The van der Waals surface area contributed by atoms with Crippen LogP contribution in [0.4, 0.5) is 24.1 Å². The molecule has 788 valence electrons. The number of aromatic nitrogens is 6. The number of amides is 13. The van der Waals surface area contributed by atoms with Gasteiger partial charge in [-0.15, -0.1) is 0 Å². The Morgan fingerprint density at radius 1 is 0.566 bits per heavy atom. The van der Waals surface area contributed by atoms with Gasteiger partial charge in [0.2, 0.25) is 59.1 Å². The lowest BCUT2D eigenvalue weighted by Crippen LogP contribution is -2.64. The van der Waals surface area contributed by atoms with Crippen molar-refractivity contribution in [2.45, 2.75) is 222 Å². The van der Waals surface area contributed by atoms with Crippen molar-refractivity contribution in [2.24, 2.45) is 11.7 Å². The molecular formula is C91H129F2N19O31. The van der Waals surface area contributed by atoms with Crippen molar-refractivity contribution in [3.05, 3.63) is 120 Å². The van der Waals surface area contributed by atoms with E-state index in [9.17, 15) is 103 Å². The molecule has 13 amide bonds. The molecule has 0 radical (unpaired) electrons. The zero-order valence-corrected chi connectivity index (χ0v) is 79.8. The molecule has 23 N–H and O–H groups in total. The van der Waals surface area contributed by atoms with E-state index >= 15 is 8.78 Å². The van der Waals surface area contributed by atoms with Gasteiger partial charge in [-0.05, 0) is 92.6 Å². The third-order valence-electron chi connectivity index (χ3n) is 22.8. The number of aliphatic hydroxyl groups excluding tert-OH is 9. The molecule has 0 aliphatic carbocycles. The Hall–Kier alpha value is -12.2. The summed E-state index contributed by atoms with van der Waals surface area (Å²) in [4.78, 5) is 178. The van der Waals surface area contributed by atoms with Gasteiger partial charge in [-0.3, -0.25) is 52.9 Å². The number of carbonyl (C=O) groups is 12. The monoisotopic (exact) mass is 2020 g/mol. The molecule has 0 spiro atoms. The van der Waals surface area contributed by atoms with E-state index in [1.807, 2.05) is 19.1 Å². The Bertz CT molecular complexity index is 4960. The molecular weight excluding hydrogens is 1890 g/mol. The Kier molecular flexibility index (Phi) is 45.9. The van der Waals surface area contributed by atoms with E-state index in [0.717, 1.165) is 32.9 Å². The number of rotatable bonds is 57. The van der Waals surface area contributed by atoms with Crippen LogP contribution in [-0.2, 0) is 115 Å². The molecule has 17 atom stereocenters. The molecule has 3 saturated heterocycles. The first kappa shape index (κ1) is 114. The molecule has 0 bridgehead atoms. The molecule has 2 aromatic carbocycles. The minimum atomic E-state index is -1.79. The average Bonchev–Trinajstić information content (AvgIpc) is 1.66. The van der Waals surface area contributed by atoms with Crippen molar-refractivity contribution < 1.29 is 160 Å². The third kappa shape index (κ3) is 35.7. The number of aliphatic hydroxyl groups is 9. The van der Waals surface area contributed by atoms with Crippen molar-refractivity contribution in [3.63, 3.8) is 0 Å². The first-order chi connectivity index (χ1) is 68.4. The fourth-order valence-corrected chi connectivity index (χ4v) is 15.4. The third-order valence-corrected chi connectivity index (χ3v) is 22.8. The summed E-state index contributed by atoms with van der Waals surface area (Å²) in [6.07, 6.45) is -17.8. The number of hydrogen-bond acceptors (Lipinski definition) is 35. The summed E-state index contributed by atoms with van der Waals surface area (Å²) in [5.41, 5.74) is 7.29. The molecule has 3 aliphatic heterocycles. The molecule has 0 saturated carbocycles. The number of aryl methyl sites for hydroxylation is 1. The Labute approximate surface area is 819 Å². The number of pyridine rings is 2. The molecule has 3 aliphatic rings. The highest BCUT2D eigenvalue weighted by atomic mass is 19.1. The lowest BCUT2D eigenvalue weighted by atomic mass is 9.97. The van der Waals surface area contributed by atoms with Crippen LogP contribution in [0.1, 0.15) is 109 Å². The summed E-state index contributed by atoms with van der Waals surface area (Å²) >= 11 is 0. The van der Waals surface area contributed by atoms with E-state index in [4.69, 9.17) is 63.1 Å². The number of ether oxygens (including phenoxy) is 10. The van der Waals surface area contributed by atoms with Gasteiger partial charge in [0.25, 0.3) is 0 Å². The van der Waals surface area contributed by atoms with Gasteiger partial charge in [0.05, 0.1) is 103 Å². The average molecular weight is 2020 g/mol. The normalized spacial score (nSPS) is 21.8. The number of nitrogens with one attached hydrogen (secondary N) is 12. The maximum atomic E-state index is 15.1. The van der Waals surface area contributed by atoms with Gasteiger partial charge in [-0.2, -0.15) is 5.10 Å². The molecule has 2 unspecified atom stereocenters. The molecule has 7 heterocycles. The van der Waals surface area contributed by atoms with E-state index in [0.29, 0.717) is 39.5 Å². The fourth-order valence-electron chi connectivity index (χ4n) is 15.4. The van der Waals surface area contributed by atoms with Crippen LogP contribution < -0.4 is 64.2 Å². The van der Waals surface area contributed by atoms with Gasteiger partial charge in [0.15, 0.2) is 24.5 Å². The van der Waals surface area contributed by atoms with Gasteiger partial charge in [-0.25, -0.2) is 32.9 Å². The van der Waals surface area contributed by atoms with E-state index in [1.54, 1.807) is 54.9 Å². The summed E-state index contributed by atoms with van der Waals surface area (Å²) in [6.45, 7) is 1.36. The summed E-state index contributed by atoms with van der Waals surface area (Å²) < 4.78 is 89.7. The van der Waals surface area contributed by atoms with Crippen LogP contribution in [0.15, 0.2) is 85.3 Å². The predicted octanol–water partition coefficient (Wildman–Crippen LogP) is -4.36. The van der Waals surface area contributed by atoms with Crippen LogP contribution in [0.5, 0.6) is 0 Å². The second kappa shape index (κ2) is 57.3. The van der Waals surface area contributed by atoms with Crippen molar-refractivity contribution >= 4 is 82.5 Å². The van der Waals surface area contributed by atoms with Crippen molar-refractivity contribution in [2.75, 3.05) is 117 Å². The van der Waals surface area contributed by atoms with Crippen LogP contribution in [0.3, 0.4) is 0 Å². The SMILES string of the molecule is CC(=O)N[C@H]1[C@H](OCCNC(=O)CCOCC(COCCC(=O)NCCOC2O[C@H](CO)[C@H](O)[C@H](O)[C@H]2NC(C)=O)(COCCC(=O)NCCOC2O[C@H](CO)[C@H](O)[C@H](O)[C@H]2NC(C)=O)NC(=O)CCCC(=O)N[C@H](C(=O)N[C@@H](CCCNC(N)=O)C(=O)Nc2ccc(COC(=O)N(CCc3c(F)cccc3F)Cc3nc(-c4ccc5ncnn5c4)c(-c4cccc(C)n4)[nH]3)cc2)C(C)C)O[C@H](CO)[C@H](O)[C@@H]1O. The number of primary amides is 1. The first-order valence-corrected chi connectivity index (χ1v) is 46.5. The van der Waals surface area contributed by atoms with Crippen LogP contribution in [0.25, 0.3) is 28.3 Å². The summed E-state index contributed by atoms with van der Waals surface area (Å²) in [7, 11) is 0. The summed E-state index contributed by atoms with van der Waals surface area (Å²) in [5.74, 6) is -8.74. The lowest BCUT2D eigenvalue weighted by molar-refractivity contribution is -0.269. The van der Waals surface area contributed by atoms with Gasteiger partial charge in [-0.1, -0.05) is 38.1 Å². The first-order valence-electron chi connectivity index (χ1n) is 46.5. The molecule has 3 fully saturated rings. The highest BCUT2D eigenvalue weighted by Crippen LogP contribution is 2.32.